The van der Waals surface area contributed by atoms with Gasteiger partial charge >= 0.3 is 6.03 Å². The highest BCUT2D eigenvalue weighted by atomic mass is 19.1. The van der Waals surface area contributed by atoms with Crippen molar-refractivity contribution in [3.05, 3.63) is 53.6 Å². The van der Waals surface area contributed by atoms with Gasteiger partial charge in [0.2, 0.25) is 0 Å². The molecule has 1 aliphatic rings. The van der Waals surface area contributed by atoms with Gasteiger partial charge in [-0.05, 0) is 23.8 Å². The average Bonchev–Trinajstić information content (AvgIpc) is 3.08. The van der Waals surface area contributed by atoms with Gasteiger partial charge in [0.1, 0.15) is 5.82 Å². The monoisotopic (exact) mass is 375 g/mol. The Labute approximate surface area is 155 Å². The summed E-state index contributed by atoms with van der Waals surface area (Å²) in [7, 11) is 1.26. The van der Waals surface area contributed by atoms with E-state index in [0.29, 0.717) is 37.3 Å². The zero-order valence-electron chi connectivity index (χ0n) is 14.7. The van der Waals surface area contributed by atoms with Crippen LogP contribution in [0, 0.1) is 11.6 Å². The number of nitrogens with zero attached hydrogens (tertiary/aromatic N) is 1. The second kappa shape index (κ2) is 8.03. The van der Waals surface area contributed by atoms with Crippen molar-refractivity contribution in [2.75, 3.05) is 33.3 Å². The fourth-order valence-corrected chi connectivity index (χ4v) is 2.87. The number of urea groups is 1. The average molecular weight is 375 g/mol. The molecule has 1 heterocycles. The summed E-state index contributed by atoms with van der Waals surface area (Å²) in [5, 5.41) is 5.40. The van der Waals surface area contributed by atoms with Gasteiger partial charge in [-0.25, -0.2) is 13.6 Å². The zero-order valence-corrected chi connectivity index (χ0v) is 14.7. The second-order valence-electron chi connectivity index (χ2n) is 6.02. The molecule has 1 fully saturated rings. The topological polar surface area (TPSA) is 70.7 Å². The molecule has 0 atom stereocenters. The Morgan fingerprint density at radius 2 is 2.07 bits per heavy atom. The standard InChI is InChI=1S/C19H19F2N3O3/c1-27-17-11-15(20)14(10-16(17)21)12-3-2-4-13(9-12)18(25)22-5-7-24-8-6-23-19(24)26/h2-4,9-11H,5-8H2,1H3,(H,22,25)(H,23,26). The molecule has 3 rings (SSSR count). The van der Waals surface area contributed by atoms with Gasteiger partial charge < -0.3 is 20.3 Å². The molecule has 0 unspecified atom stereocenters. The van der Waals surface area contributed by atoms with E-state index in [1.807, 2.05) is 0 Å². The third-order valence-corrected chi connectivity index (χ3v) is 4.29. The fourth-order valence-electron chi connectivity index (χ4n) is 2.87. The number of ether oxygens (including phenoxy) is 1. The molecule has 0 radical (unpaired) electrons. The maximum absolute atomic E-state index is 14.3. The van der Waals surface area contributed by atoms with Crippen LogP contribution in [0.4, 0.5) is 13.6 Å². The van der Waals surface area contributed by atoms with E-state index >= 15 is 0 Å². The first kappa shape index (κ1) is 18.6. The Hall–Kier alpha value is -3.16. The number of rotatable bonds is 6. The molecule has 6 nitrogen and oxygen atoms in total. The summed E-state index contributed by atoms with van der Waals surface area (Å²) in [6.07, 6.45) is 0. The van der Waals surface area contributed by atoms with Crippen LogP contribution in [0.2, 0.25) is 0 Å². The lowest BCUT2D eigenvalue weighted by molar-refractivity contribution is 0.0950. The quantitative estimate of drug-likeness (QED) is 0.815. The summed E-state index contributed by atoms with van der Waals surface area (Å²) in [6.45, 7) is 1.89. The maximum Gasteiger partial charge on any atom is 0.317 e. The number of methoxy groups -OCH3 is 1. The number of halogens is 2. The minimum Gasteiger partial charge on any atom is -0.494 e. The first-order valence-corrected chi connectivity index (χ1v) is 8.44. The summed E-state index contributed by atoms with van der Waals surface area (Å²) in [4.78, 5) is 25.4. The third kappa shape index (κ3) is 4.16. The highest BCUT2D eigenvalue weighted by molar-refractivity contribution is 5.95. The van der Waals surface area contributed by atoms with E-state index in [1.165, 1.54) is 13.2 Å². The minimum atomic E-state index is -0.687. The Bertz CT molecular complexity index is 873. The molecule has 3 amide bonds. The number of amides is 3. The molecule has 0 bridgehead atoms. The van der Waals surface area contributed by atoms with Crippen molar-refractivity contribution in [1.82, 2.24) is 15.5 Å². The molecule has 0 aliphatic carbocycles. The Kier molecular flexibility index (Phi) is 5.54. The van der Waals surface area contributed by atoms with Crippen molar-refractivity contribution in [3.8, 4) is 16.9 Å². The Morgan fingerprint density at radius 1 is 1.26 bits per heavy atom. The van der Waals surface area contributed by atoms with Crippen LogP contribution in [0.25, 0.3) is 11.1 Å². The first-order chi connectivity index (χ1) is 13.0. The van der Waals surface area contributed by atoms with Crippen LogP contribution in [0.5, 0.6) is 5.75 Å². The molecule has 27 heavy (non-hydrogen) atoms. The molecular weight excluding hydrogens is 356 g/mol. The van der Waals surface area contributed by atoms with Gasteiger partial charge in [-0.1, -0.05) is 12.1 Å². The smallest absolute Gasteiger partial charge is 0.317 e. The zero-order chi connectivity index (χ0) is 19.4. The number of hydrogen-bond acceptors (Lipinski definition) is 3. The fraction of sp³-hybridized carbons (Fsp3) is 0.263. The van der Waals surface area contributed by atoms with E-state index < -0.39 is 11.6 Å². The molecular formula is C19H19F2N3O3. The van der Waals surface area contributed by atoms with Gasteiger partial charge in [-0.2, -0.15) is 0 Å². The molecule has 2 N–H and O–H groups in total. The SMILES string of the molecule is COc1cc(F)c(-c2cccc(C(=O)NCCN3CCNC3=O)c2)cc1F. The normalized spacial score (nSPS) is 13.4. The lowest BCUT2D eigenvalue weighted by Gasteiger charge is -2.14. The minimum absolute atomic E-state index is 0.0386. The summed E-state index contributed by atoms with van der Waals surface area (Å²) < 4.78 is 32.9. The predicted molar refractivity (Wildman–Crippen MR) is 95.7 cm³/mol. The van der Waals surface area contributed by atoms with Crippen LogP contribution in [0.1, 0.15) is 10.4 Å². The summed E-state index contributed by atoms with van der Waals surface area (Å²) in [5.41, 5.74) is 0.728. The van der Waals surface area contributed by atoms with E-state index in [0.717, 1.165) is 12.1 Å². The third-order valence-electron chi connectivity index (χ3n) is 4.29. The van der Waals surface area contributed by atoms with E-state index in [-0.39, 0.29) is 23.3 Å². The summed E-state index contributed by atoms with van der Waals surface area (Å²) in [6, 6.07) is 8.12. The molecule has 8 heteroatoms. The molecule has 0 aromatic heterocycles. The van der Waals surface area contributed by atoms with Crippen molar-refractivity contribution >= 4 is 11.9 Å². The van der Waals surface area contributed by atoms with Crippen molar-refractivity contribution in [1.29, 1.82) is 0 Å². The van der Waals surface area contributed by atoms with Crippen LogP contribution in [0.3, 0.4) is 0 Å². The molecule has 0 spiro atoms. The van der Waals surface area contributed by atoms with Crippen molar-refractivity contribution < 1.29 is 23.1 Å². The van der Waals surface area contributed by atoms with E-state index in [1.54, 1.807) is 23.1 Å². The van der Waals surface area contributed by atoms with E-state index in [4.69, 9.17) is 4.74 Å². The molecule has 1 saturated heterocycles. The van der Waals surface area contributed by atoms with Gasteiger partial charge in [0.25, 0.3) is 5.91 Å². The van der Waals surface area contributed by atoms with Gasteiger partial charge in [-0.3, -0.25) is 4.79 Å². The van der Waals surface area contributed by atoms with Gasteiger partial charge in [0.05, 0.1) is 7.11 Å². The van der Waals surface area contributed by atoms with Crippen LogP contribution in [-0.2, 0) is 0 Å². The molecule has 0 saturated carbocycles. The van der Waals surface area contributed by atoms with Crippen molar-refractivity contribution in [3.63, 3.8) is 0 Å². The number of carbonyl (C=O) groups excluding carboxylic acids is 2. The number of carbonyl (C=O) groups is 2. The highest BCUT2D eigenvalue weighted by Gasteiger charge is 2.19. The molecule has 2 aromatic rings. The summed E-state index contributed by atoms with van der Waals surface area (Å²) >= 11 is 0. The molecule has 2 aromatic carbocycles. The van der Waals surface area contributed by atoms with Crippen LogP contribution in [-0.4, -0.2) is 50.1 Å². The van der Waals surface area contributed by atoms with Crippen LogP contribution < -0.4 is 15.4 Å². The van der Waals surface area contributed by atoms with Crippen LogP contribution in [0.15, 0.2) is 36.4 Å². The maximum atomic E-state index is 14.3. The number of nitrogens with one attached hydrogen (secondary N) is 2. The number of hydrogen-bond donors (Lipinski definition) is 2. The highest BCUT2D eigenvalue weighted by Crippen LogP contribution is 2.29. The van der Waals surface area contributed by atoms with Crippen molar-refractivity contribution in [2.24, 2.45) is 0 Å². The van der Waals surface area contributed by atoms with Gasteiger partial charge in [0.15, 0.2) is 11.6 Å². The Balaban J connectivity index is 1.70. The number of benzene rings is 2. The van der Waals surface area contributed by atoms with Gasteiger partial charge in [0, 0.05) is 43.4 Å². The van der Waals surface area contributed by atoms with E-state index in [2.05, 4.69) is 10.6 Å². The Morgan fingerprint density at radius 3 is 2.78 bits per heavy atom. The lowest BCUT2D eigenvalue weighted by Crippen LogP contribution is -2.36. The van der Waals surface area contributed by atoms with Gasteiger partial charge in [-0.15, -0.1) is 0 Å². The molecule has 142 valence electrons. The largest absolute Gasteiger partial charge is 0.494 e. The van der Waals surface area contributed by atoms with Crippen LogP contribution >= 0.6 is 0 Å². The summed E-state index contributed by atoms with van der Waals surface area (Å²) in [5.74, 6) is -1.87. The van der Waals surface area contributed by atoms with Crippen molar-refractivity contribution in [2.45, 2.75) is 0 Å². The van der Waals surface area contributed by atoms with E-state index in [9.17, 15) is 18.4 Å². The predicted octanol–water partition coefficient (Wildman–Crippen LogP) is 2.40. The molecule has 1 aliphatic heterocycles. The second-order valence-corrected chi connectivity index (χ2v) is 6.02. The lowest BCUT2D eigenvalue weighted by atomic mass is 10.0. The first-order valence-electron chi connectivity index (χ1n) is 8.44.